The minimum absolute atomic E-state index is 0.00815. The number of carbonyl (C=O) groups excluding carboxylic acids is 1. The molecular weight excluding hydrogens is 862 g/mol. The molecular formula is C49H90FNO6SSi4. The van der Waals surface area contributed by atoms with Gasteiger partial charge in [0.25, 0.3) is 0 Å². The predicted molar refractivity (Wildman–Crippen MR) is 274 cm³/mol. The molecule has 0 saturated heterocycles. The van der Waals surface area contributed by atoms with Crippen LogP contribution in [0.1, 0.15) is 139 Å². The van der Waals surface area contributed by atoms with Crippen LogP contribution in [0.25, 0.3) is 6.08 Å². The van der Waals surface area contributed by atoms with Crippen molar-refractivity contribution >= 4 is 62.2 Å². The number of thiazole rings is 1. The lowest BCUT2D eigenvalue weighted by molar-refractivity contribution is -0.146. The smallest absolute Gasteiger partial charge is 0.305 e. The Kier molecular flexibility index (Phi) is 21.1. The van der Waals surface area contributed by atoms with Crippen molar-refractivity contribution in [2.45, 2.75) is 228 Å². The van der Waals surface area contributed by atoms with Gasteiger partial charge >= 0.3 is 5.97 Å². The van der Waals surface area contributed by atoms with Crippen molar-refractivity contribution in [1.29, 1.82) is 0 Å². The van der Waals surface area contributed by atoms with Crippen molar-refractivity contribution < 1.29 is 32.4 Å². The number of Topliss-reactive ketones (excluding diaryl/α,β-unsaturated/α-hetero) is 1. The van der Waals surface area contributed by atoms with Crippen molar-refractivity contribution in [2.75, 3.05) is 0 Å². The number of allylic oxidation sites excluding steroid dienone is 1. The largest absolute Gasteiger partial charge is 0.481 e. The van der Waals surface area contributed by atoms with Gasteiger partial charge in [-0.05, 0) is 106 Å². The van der Waals surface area contributed by atoms with Crippen LogP contribution in [0.5, 0.6) is 0 Å². The summed E-state index contributed by atoms with van der Waals surface area (Å²) in [6.45, 7) is 49.1. The summed E-state index contributed by atoms with van der Waals surface area (Å²) in [4.78, 5) is 32.3. The van der Waals surface area contributed by atoms with Crippen LogP contribution in [0, 0.1) is 35.6 Å². The molecule has 0 saturated carbocycles. The standard InChI is InChI=1S/C49H90FNO6SSi4/c1-35(29-30-41(55-60(18,19)46(4,5)6)40(50)32-38-34-58-37(3)51-38)26-24-27-36(2)44(57-62(22,23)48(10,11)12)39(28-25-31-59(15,16)17)45(54)49(13,14)42(33-43(52)53)56-61(20,21)47(7,8)9/h29,32,34,36,39,41-42,44H,24,26-28,30,33H2,1-23H3,(H,52,53). The molecule has 0 bridgehead atoms. The average molecular weight is 953 g/mol. The fourth-order valence-electron chi connectivity index (χ4n) is 6.38. The van der Waals surface area contributed by atoms with Crippen LogP contribution in [-0.2, 0) is 22.9 Å². The number of nitrogens with zero attached hydrogens (tertiary/aromatic N) is 1. The summed E-state index contributed by atoms with van der Waals surface area (Å²) in [5, 5.41) is 12.6. The summed E-state index contributed by atoms with van der Waals surface area (Å²) >= 11 is 1.50. The number of aryl methyl sites for hydroxylation is 1. The minimum Gasteiger partial charge on any atom is -0.481 e. The Morgan fingerprint density at radius 2 is 1.35 bits per heavy atom. The molecule has 1 N–H and O–H groups in total. The third kappa shape index (κ3) is 18.0. The van der Waals surface area contributed by atoms with Gasteiger partial charge in [-0.15, -0.1) is 22.8 Å². The maximum atomic E-state index is 16.0. The van der Waals surface area contributed by atoms with Crippen LogP contribution >= 0.6 is 11.3 Å². The maximum absolute atomic E-state index is 16.0. The summed E-state index contributed by atoms with van der Waals surface area (Å²) < 4.78 is 36.9. The number of hydrogen-bond donors (Lipinski definition) is 1. The van der Waals surface area contributed by atoms with Gasteiger partial charge in [0, 0.05) is 17.2 Å². The van der Waals surface area contributed by atoms with Crippen LogP contribution in [0.15, 0.2) is 22.9 Å². The molecule has 5 atom stereocenters. The SMILES string of the molecule is CC(=CCC(O[Si](C)(C)C(C)(C)C)C(F)=Cc1csc(C)n1)CCCC(C)C(O[Si](C)(C)C(C)(C)C)C(CC#C[Si](C)(C)C)C(=O)C(C)(C)C(CC(=O)O)O[Si](C)(C)C(C)(C)C. The molecule has 0 amide bonds. The molecule has 5 unspecified atom stereocenters. The van der Waals surface area contributed by atoms with Gasteiger partial charge in [0.15, 0.2) is 25.0 Å². The Balaban J connectivity index is 3.70. The zero-order valence-corrected chi connectivity index (χ0v) is 48.4. The van der Waals surface area contributed by atoms with Crippen molar-refractivity contribution in [3.8, 4) is 11.5 Å². The van der Waals surface area contributed by atoms with Gasteiger partial charge in [-0.3, -0.25) is 9.59 Å². The first kappa shape index (κ1) is 58.5. The lowest BCUT2D eigenvalue weighted by atomic mass is 9.71. The van der Waals surface area contributed by atoms with Crippen molar-refractivity contribution in [1.82, 2.24) is 4.98 Å². The normalized spacial score (nSPS) is 16.9. The van der Waals surface area contributed by atoms with E-state index in [1.165, 1.54) is 17.4 Å². The van der Waals surface area contributed by atoms with E-state index >= 15 is 9.18 Å². The van der Waals surface area contributed by atoms with Gasteiger partial charge in [0.05, 0.1) is 35.2 Å². The lowest BCUT2D eigenvalue weighted by Gasteiger charge is -2.46. The second-order valence-corrected chi connectivity index (χ2v) is 44.2. The molecule has 1 rings (SSSR count). The molecule has 13 heteroatoms. The zero-order valence-electron chi connectivity index (χ0n) is 43.6. The van der Waals surface area contributed by atoms with E-state index < -0.39 is 68.6 Å². The van der Waals surface area contributed by atoms with Crippen LogP contribution in [-0.4, -0.2) is 73.2 Å². The highest BCUT2D eigenvalue weighted by Gasteiger charge is 2.51. The fourth-order valence-corrected chi connectivity index (χ4v) is 11.7. The fraction of sp³-hybridized carbons (Fsp3) is 0.776. The highest BCUT2D eigenvalue weighted by molar-refractivity contribution is 7.09. The van der Waals surface area contributed by atoms with Gasteiger partial charge in [-0.25, -0.2) is 9.37 Å². The highest BCUT2D eigenvalue weighted by Crippen LogP contribution is 2.45. The topological polar surface area (TPSA) is 95.0 Å². The summed E-state index contributed by atoms with van der Waals surface area (Å²) in [7, 11) is -8.98. The number of aromatic nitrogens is 1. The first-order valence-corrected chi connectivity index (χ1v) is 36.0. The van der Waals surface area contributed by atoms with Crippen LogP contribution < -0.4 is 0 Å². The molecule has 0 aliphatic rings. The first-order valence-electron chi connectivity index (χ1n) is 22.9. The van der Waals surface area contributed by atoms with Gasteiger partial charge in [0.1, 0.15) is 25.8 Å². The van der Waals surface area contributed by atoms with Gasteiger partial charge in [-0.1, -0.05) is 114 Å². The van der Waals surface area contributed by atoms with Crippen LogP contribution in [0.3, 0.4) is 0 Å². The quantitative estimate of drug-likeness (QED) is 0.0703. The Morgan fingerprint density at radius 1 is 0.855 bits per heavy atom. The summed E-state index contributed by atoms with van der Waals surface area (Å²) in [6, 6.07) is 0. The van der Waals surface area contributed by atoms with E-state index in [-0.39, 0.29) is 39.1 Å². The Labute approximate surface area is 387 Å². The van der Waals surface area contributed by atoms with E-state index in [4.69, 9.17) is 13.3 Å². The number of carboxylic acid groups (broad SMARTS) is 1. The Hall–Kier alpha value is -1.51. The zero-order chi connectivity index (χ0) is 48.7. The van der Waals surface area contributed by atoms with Crippen molar-refractivity contribution in [3.05, 3.63) is 33.6 Å². The molecule has 1 heterocycles. The summed E-state index contributed by atoms with van der Waals surface area (Å²) in [5.41, 5.74) is 4.17. The molecule has 1 aromatic heterocycles. The minimum atomic E-state index is -2.47. The maximum Gasteiger partial charge on any atom is 0.305 e. The number of ketones is 1. The monoisotopic (exact) mass is 952 g/mol. The number of hydrogen-bond acceptors (Lipinski definition) is 7. The number of carboxylic acids is 1. The van der Waals surface area contributed by atoms with Gasteiger partial charge in [-0.2, -0.15) is 0 Å². The first-order chi connectivity index (χ1) is 27.6. The van der Waals surface area contributed by atoms with Crippen LogP contribution in [0.2, 0.25) is 74.0 Å². The molecule has 0 radical (unpaired) electrons. The van der Waals surface area contributed by atoms with Gasteiger partial charge in [0.2, 0.25) is 0 Å². The molecule has 0 aliphatic carbocycles. The molecule has 356 valence electrons. The molecule has 0 fully saturated rings. The average Bonchev–Trinajstić information content (AvgIpc) is 3.48. The number of rotatable bonds is 22. The van der Waals surface area contributed by atoms with E-state index in [1.54, 1.807) is 0 Å². The molecule has 1 aromatic rings. The Morgan fingerprint density at radius 3 is 1.81 bits per heavy atom. The lowest BCUT2D eigenvalue weighted by Crippen LogP contribution is -2.55. The predicted octanol–water partition coefficient (Wildman–Crippen LogP) is 15.0. The molecule has 62 heavy (non-hydrogen) atoms. The van der Waals surface area contributed by atoms with Crippen LogP contribution in [0.4, 0.5) is 4.39 Å². The molecule has 0 spiro atoms. The van der Waals surface area contributed by atoms with E-state index in [0.29, 0.717) is 18.5 Å². The Bertz CT molecular complexity index is 1760. The highest BCUT2D eigenvalue weighted by atomic mass is 32.1. The van der Waals surface area contributed by atoms with E-state index in [1.807, 2.05) is 26.2 Å². The third-order valence-electron chi connectivity index (χ3n) is 13.7. The number of aliphatic carboxylic acids is 1. The number of carbonyl (C=O) groups is 2. The van der Waals surface area contributed by atoms with Crippen molar-refractivity contribution in [2.24, 2.45) is 17.3 Å². The summed E-state index contributed by atoms with van der Waals surface area (Å²) in [5.74, 6) is 1.53. The second-order valence-electron chi connectivity index (χ2n) is 24.1. The van der Waals surface area contributed by atoms with E-state index in [2.05, 4.69) is 158 Å². The summed E-state index contributed by atoms with van der Waals surface area (Å²) in [6.07, 6.45) is 4.65. The molecule has 0 aromatic carbocycles. The van der Waals surface area contributed by atoms with Crippen molar-refractivity contribution in [3.63, 3.8) is 0 Å². The number of halogens is 1. The molecule has 0 aliphatic heterocycles. The molecule has 7 nitrogen and oxygen atoms in total. The van der Waals surface area contributed by atoms with E-state index in [0.717, 1.165) is 29.8 Å². The third-order valence-corrected chi connectivity index (χ3v) is 28.9. The van der Waals surface area contributed by atoms with E-state index in [9.17, 15) is 9.90 Å². The second kappa shape index (κ2) is 22.3. The van der Waals surface area contributed by atoms with Gasteiger partial charge < -0.3 is 18.4 Å².